The Morgan fingerprint density at radius 1 is 0.903 bits per heavy atom. The molecule has 4 unspecified atom stereocenters. The Bertz CT molecular complexity index is 924. The number of ether oxygens (including phenoxy) is 2. The average Bonchev–Trinajstić information content (AvgIpc) is 2.81. The fourth-order valence-electron chi connectivity index (χ4n) is 5.31. The molecule has 2 aliphatic rings. The van der Waals surface area contributed by atoms with Crippen LogP contribution in [0.2, 0.25) is 0 Å². The van der Waals surface area contributed by atoms with E-state index in [-0.39, 0.29) is 11.6 Å². The highest BCUT2D eigenvalue weighted by atomic mass is 19.1. The van der Waals surface area contributed by atoms with Gasteiger partial charge in [-0.2, -0.15) is 0 Å². The second-order valence-electron chi connectivity index (χ2n) is 9.06. The lowest BCUT2D eigenvalue weighted by Gasteiger charge is -2.42. The molecule has 0 radical (unpaired) electrons. The first-order valence-corrected chi connectivity index (χ1v) is 11.7. The van der Waals surface area contributed by atoms with Crippen molar-refractivity contribution in [3.05, 3.63) is 65.0 Å². The van der Waals surface area contributed by atoms with E-state index >= 15 is 0 Å². The van der Waals surface area contributed by atoms with Gasteiger partial charge in [-0.3, -0.25) is 0 Å². The average molecular weight is 421 g/mol. The van der Waals surface area contributed by atoms with Gasteiger partial charge in [-0.25, -0.2) is 4.39 Å². The van der Waals surface area contributed by atoms with Crippen molar-refractivity contribution in [2.24, 2.45) is 11.8 Å². The monoisotopic (exact) mass is 420 g/mol. The molecule has 2 saturated carbocycles. The van der Waals surface area contributed by atoms with E-state index in [0.29, 0.717) is 17.6 Å². The van der Waals surface area contributed by atoms with Crippen LogP contribution in [-0.2, 0) is 4.74 Å². The lowest BCUT2D eigenvalue weighted by molar-refractivity contribution is -0.0147. The van der Waals surface area contributed by atoms with Gasteiger partial charge in [0, 0.05) is 17.7 Å². The Hall–Kier alpha value is -2.31. The largest absolute Gasteiger partial charge is 0.494 e. The van der Waals surface area contributed by atoms with Gasteiger partial charge in [-0.1, -0.05) is 30.9 Å². The van der Waals surface area contributed by atoms with Gasteiger partial charge in [0.2, 0.25) is 0 Å². The standard InChI is InChI=1S/C28H33FO2/c1-3-16-31-26-14-13-24-18-23(11-12-25(24)19-26)22-9-6-20(7-10-22)4-5-21-8-15-28(30-2)27(29)17-21/h6-10,15,17,23-26H,3,11-14,16,18-19H2,1-2H3. The molecule has 31 heavy (non-hydrogen) atoms. The summed E-state index contributed by atoms with van der Waals surface area (Å²) in [4.78, 5) is 0. The summed E-state index contributed by atoms with van der Waals surface area (Å²) in [6.45, 7) is 3.10. The van der Waals surface area contributed by atoms with Crippen LogP contribution in [0.3, 0.4) is 0 Å². The molecule has 2 fully saturated rings. The molecule has 2 aromatic carbocycles. The van der Waals surface area contributed by atoms with Crippen molar-refractivity contribution in [3.8, 4) is 17.6 Å². The molecule has 2 aliphatic carbocycles. The van der Waals surface area contributed by atoms with Crippen LogP contribution in [0.5, 0.6) is 5.75 Å². The predicted octanol–water partition coefficient (Wildman–Crippen LogP) is 6.71. The first-order valence-electron chi connectivity index (χ1n) is 11.7. The molecule has 0 aliphatic heterocycles. The molecule has 2 aromatic rings. The second kappa shape index (κ2) is 10.3. The van der Waals surface area contributed by atoms with Crippen molar-refractivity contribution in [2.45, 2.75) is 63.9 Å². The van der Waals surface area contributed by atoms with Crippen LogP contribution in [-0.4, -0.2) is 19.8 Å². The topological polar surface area (TPSA) is 18.5 Å². The second-order valence-corrected chi connectivity index (χ2v) is 9.06. The maximum atomic E-state index is 13.8. The molecule has 164 valence electrons. The van der Waals surface area contributed by atoms with E-state index in [0.717, 1.165) is 30.4 Å². The molecule has 0 saturated heterocycles. The van der Waals surface area contributed by atoms with E-state index in [1.54, 1.807) is 12.1 Å². The van der Waals surface area contributed by atoms with Gasteiger partial charge >= 0.3 is 0 Å². The van der Waals surface area contributed by atoms with E-state index in [1.807, 2.05) is 0 Å². The SMILES string of the molecule is CCCOC1CCC2CC(c3ccc(C#Cc4ccc(OC)c(F)c4)cc3)CCC2C1. The van der Waals surface area contributed by atoms with Gasteiger partial charge in [0.05, 0.1) is 13.2 Å². The summed E-state index contributed by atoms with van der Waals surface area (Å²) in [6, 6.07) is 13.5. The van der Waals surface area contributed by atoms with Crippen LogP contribution in [0.1, 0.15) is 74.5 Å². The van der Waals surface area contributed by atoms with Gasteiger partial charge in [-0.05, 0) is 98.6 Å². The summed E-state index contributed by atoms with van der Waals surface area (Å²) in [6.07, 6.45) is 9.33. The maximum absolute atomic E-state index is 13.8. The Morgan fingerprint density at radius 2 is 1.61 bits per heavy atom. The number of hydrogen-bond acceptors (Lipinski definition) is 2. The number of fused-ring (bicyclic) bond motifs is 1. The molecule has 0 amide bonds. The van der Waals surface area contributed by atoms with Gasteiger partial charge in [0.25, 0.3) is 0 Å². The fraction of sp³-hybridized carbons (Fsp3) is 0.500. The van der Waals surface area contributed by atoms with Gasteiger partial charge < -0.3 is 9.47 Å². The number of rotatable bonds is 5. The summed E-state index contributed by atoms with van der Waals surface area (Å²) in [5.41, 5.74) is 3.05. The molecule has 2 nitrogen and oxygen atoms in total. The minimum absolute atomic E-state index is 0.242. The summed E-state index contributed by atoms with van der Waals surface area (Å²) in [5, 5.41) is 0. The van der Waals surface area contributed by atoms with Gasteiger partial charge in [0.15, 0.2) is 11.6 Å². The van der Waals surface area contributed by atoms with Gasteiger partial charge in [0.1, 0.15) is 0 Å². The van der Waals surface area contributed by atoms with E-state index in [4.69, 9.17) is 9.47 Å². The molecule has 0 N–H and O–H groups in total. The molecule has 0 aromatic heterocycles. The highest BCUT2D eigenvalue weighted by Gasteiger charge is 2.36. The van der Waals surface area contributed by atoms with Crippen molar-refractivity contribution < 1.29 is 13.9 Å². The number of halogens is 1. The Labute approximate surface area is 186 Å². The number of hydrogen-bond donors (Lipinski definition) is 0. The first kappa shape index (κ1) is 21.9. The van der Waals surface area contributed by atoms with E-state index in [9.17, 15) is 4.39 Å². The zero-order valence-electron chi connectivity index (χ0n) is 18.7. The van der Waals surface area contributed by atoms with Crippen LogP contribution in [0.4, 0.5) is 4.39 Å². The number of benzene rings is 2. The Balaban J connectivity index is 1.35. The Morgan fingerprint density at radius 3 is 2.35 bits per heavy atom. The summed E-state index contributed by atoms with van der Waals surface area (Å²) in [7, 11) is 1.46. The summed E-state index contributed by atoms with van der Waals surface area (Å²) >= 11 is 0. The van der Waals surface area contributed by atoms with Gasteiger partial charge in [-0.15, -0.1) is 0 Å². The molecular formula is C28H33FO2. The van der Waals surface area contributed by atoms with E-state index in [2.05, 4.69) is 43.0 Å². The molecule has 4 atom stereocenters. The maximum Gasteiger partial charge on any atom is 0.166 e. The third kappa shape index (κ3) is 5.49. The molecule has 4 rings (SSSR count). The van der Waals surface area contributed by atoms with Crippen molar-refractivity contribution in [2.75, 3.05) is 13.7 Å². The molecule has 3 heteroatoms. The van der Waals surface area contributed by atoms with Crippen molar-refractivity contribution in [1.82, 2.24) is 0 Å². The minimum atomic E-state index is -0.383. The van der Waals surface area contributed by atoms with Crippen LogP contribution >= 0.6 is 0 Å². The van der Waals surface area contributed by atoms with E-state index < -0.39 is 0 Å². The normalized spacial score (nSPS) is 25.3. The third-order valence-corrected chi connectivity index (χ3v) is 7.01. The smallest absolute Gasteiger partial charge is 0.166 e. The molecule has 0 spiro atoms. The predicted molar refractivity (Wildman–Crippen MR) is 123 cm³/mol. The van der Waals surface area contributed by atoms with Crippen LogP contribution in [0, 0.1) is 29.5 Å². The van der Waals surface area contributed by atoms with Crippen molar-refractivity contribution in [1.29, 1.82) is 0 Å². The van der Waals surface area contributed by atoms with Crippen molar-refractivity contribution >= 4 is 0 Å². The van der Waals surface area contributed by atoms with Crippen LogP contribution < -0.4 is 4.74 Å². The molecule has 0 bridgehead atoms. The quantitative estimate of drug-likeness (QED) is 0.500. The lowest BCUT2D eigenvalue weighted by Crippen LogP contribution is -2.33. The highest BCUT2D eigenvalue weighted by molar-refractivity contribution is 5.45. The zero-order chi connectivity index (χ0) is 21.6. The third-order valence-electron chi connectivity index (χ3n) is 7.01. The molecule has 0 heterocycles. The summed E-state index contributed by atoms with van der Waals surface area (Å²) < 4.78 is 24.8. The highest BCUT2D eigenvalue weighted by Crippen LogP contribution is 2.46. The number of methoxy groups -OCH3 is 1. The fourth-order valence-corrected chi connectivity index (χ4v) is 5.31. The Kier molecular flexibility index (Phi) is 7.30. The van der Waals surface area contributed by atoms with E-state index in [1.165, 1.54) is 57.3 Å². The zero-order valence-corrected chi connectivity index (χ0v) is 18.7. The first-order chi connectivity index (χ1) is 15.2. The van der Waals surface area contributed by atoms with Crippen LogP contribution in [0.15, 0.2) is 42.5 Å². The minimum Gasteiger partial charge on any atom is -0.494 e. The van der Waals surface area contributed by atoms with Crippen molar-refractivity contribution in [3.63, 3.8) is 0 Å². The lowest BCUT2D eigenvalue weighted by atomic mass is 9.65. The summed E-state index contributed by atoms with van der Waals surface area (Å²) in [5.74, 6) is 8.42. The van der Waals surface area contributed by atoms with Crippen LogP contribution in [0.25, 0.3) is 0 Å². The molecular weight excluding hydrogens is 387 g/mol.